The molecule has 1 amide bonds. The topological polar surface area (TPSA) is 91.6 Å². The molecule has 1 aliphatic carbocycles. The first-order chi connectivity index (χ1) is 18.0. The highest BCUT2D eigenvalue weighted by molar-refractivity contribution is 5.93. The van der Waals surface area contributed by atoms with Crippen molar-refractivity contribution >= 4 is 28.9 Å². The number of hydrogen-bond acceptors (Lipinski definition) is 7. The van der Waals surface area contributed by atoms with Crippen LogP contribution >= 0.6 is 0 Å². The summed E-state index contributed by atoms with van der Waals surface area (Å²) in [6.07, 6.45) is 9.47. The average molecular weight is 501 g/mol. The molecule has 2 aliphatic rings. The van der Waals surface area contributed by atoms with E-state index >= 15 is 0 Å². The van der Waals surface area contributed by atoms with Crippen LogP contribution in [0.4, 0.5) is 21.8 Å². The summed E-state index contributed by atoms with van der Waals surface area (Å²) in [7, 11) is 0. The Labute approximate surface area is 214 Å². The molecule has 0 unspecified atom stereocenters. The molecule has 1 saturated heterocycles. The first kappa shape index (κ1) is 23.5. The van der Waals surface area contributed by atoms with Gasteiger partial charge >= 0.3 is 0 Å². The van der Waals surface area contributed by atoms with E-state index in [1.165, 1.54) is 12.8 Å². The Hall–Kier alpha value is -3.92. The molecule has 1 saturated carbocycles. The normalized spacial score (nSPS) is 17.0. The number of nitrogens with zero attached hydrogens (tertiary/aromatic N) is 7. The van der Waals surface area contributed by atoms with Gasteiger partial charge in [0, 0.05) is 49.4 Å². The Morgan fingerprint density at radius 3 is 2.68 bits per heavy atom. The molecule has 4 aromatic heterocycles. The number of hydrogen-bond donors (Lipinski definition) is 1. The van der Waals surface area contributed by atoms with Crippen LogP contribution in [-0.2, 0) is 4.79 Å². The van der Waals surface area contributed by atoms with Crippen LogP contribution in [0.15, 0.2) is 49.1 Å². The van der Waals surface area contributed by atoms with Gasteiger partial charge in [-0.15, -0.1) is 0 Å². The first-order valence-electron chi connectivity index (χ1n) is 12.7. The van der Waals surface area contributed by atoms with Gasteiger partial charge in [0.1, 0.15) is 11.5 Å². The minimum absolute atomic E-state index is 0.118. The van der Waals surface area contributed by atoms with Gasteiger partial charge in [0.15, 0.2) is 5.82 Å². The molecule has 9 nitrogen and oxygen atoms in total. The van der Waals surface area contributed by atoms with Gasteiger partial charge in [-0.1, -0.05) is 13.8 Å². The summed E-state index contributed by atoms with van der Waals surface area (Å²) in [6, 6.07) is 7.98. The zero-order valence-electron chi connectivity index (χ0n) is 20.9. The van der Waals surface area contributed by atoms with Gasteiger partial charge in [-0.2, -0.15) is 5.10 Å². The quantitative estimate of drug-likeness (QED) is 0.420. The molecule has 2 fully saturated rings. The van der Waals surface area contributed by atoms with Crippen molar-refractivity contribution in [1.82, 2.24) is 29.5 Å². The number of amides is 1. The Bertz CT molecular complexity index is 1450. The number of carbonyl (C=O) groups excluding carboxylic acids is 1. The maximum absolute atomic E-state index is 14.8. The molecular formula is C27H29FN8O. The summed E-state index contributed by atoms with van der Waals surface area (Å²) in [4.78, 5) is 29.9. The first-order valence-corrected chi connectivity index (χ1v) is 12.7. The number of rotatable bonds is 6. The highest BCUT2D eigenvalue weighted by Gasteiger charge is 2.32. The number of fused-ring (bicyclic) bond motifs is 1. The second-order valence-electron chi connectivity index (χ2n) is 9.98. The van der Waals surface area contributed by atoms with Gasteiger partial charge in [0.05, 0.1) is 29.8 Å². The molecule has 0 atom stereocenters. The lowest BCUT2D eigenvalue weighted by Gasteiger charge is -2.22. The van der Waals surface area contributed by atoms with Crippen LogP contribution in [0.5, 0.6) is 0 Å². The number of aromatic nitrogens is 5. The highest BCUT2D eigenvalue weighted by Crippen LogP contribution is 2.29. The Morgan fingerprint density at radius 2 is 1.92 bits per heavy atom. The fourth-order valence-corrected chi connectivity index (χ4v) is 4.87. The molecule has 5 heterocycles. The Kier molecular flexibility index (Phi) is 6.03. The Balaban J connectivity index is 1.20. The molecule has 37 heavy (non-hydrogen) atoms. The lowest BCUT2D eigenvalue weighted by Crippen LogP contribution is -2.33. The van der Waals surface area contributed by atoms with E-state index in [2.05, 4.69) is 44.1 Å². The molecule has 0 spiro atoms. The van der Waals surface area contributed by atoms with E-state index in [-0.39, 0.29) is 23.5 Å². The average Bonchev–Trinajstić information content (AvgIpc) is 3.68. The fourth-order valence-electron chi connectivity index (χ4n) is 4.87. The second-order valence-corrected chi connectivity index (χ2v) is 9.98. The molecular weight excluding hydrogens is 471 g/mol. The number of anilines is 3. The van der Waals surface area contributed by atoms with E-state index in [0.29, 0.717) is 30.4 Å². The lowest BCUT2D eigenvalue weighted by atomic mass is 10.0. The molecule has 4 aromatic rings. The van der Waals surface area contributed by atoms with Crippen molar-refractivity contribution < 1.29 is 9.18 Å². The third-order valence-corrected chi connectivity index (χ3v) is 7.08. The molecule has 10 heteroatoms. The van der Waals surface area contributed by atoms with Crippen LogP contribution in [0, 0.1) is 5.82 Å². The third kappa shape index (κ3) is 4.76. The van der Waals surface area contributed by atoms with Crippen molar-refractivity contribution in [3.05, 3.63) is 60.4 Å². The van der Waals surface area contributed by atoms with E-state index in [4.69, 9.17) is 0 Å². The van der Waals surface area contributed by atoms with Crippen LogP contribution in [-0.4, -0.2) is 61.0 Å². The largest absolute Gasteiger partial charge is 0.310 e. The number of halogens is 1. The van der Waals surface area contributed by atoms with E-state index in [1.54, 1.807) is 29.0 Å². The van der Waals surface area contributed by atoms with Gasteiger partial charge in [0.2, 0.25) is 11.9 Å². The maximum atomic E-state index is 14.8. The van der Waals surface area contributed by atoms with Crippen molar-refractivity contribution in [1.29, 1.82) is 0 Å². The van der Waals surface area contributed by atoms with E-state index in [0.717, 1.165) is 36.1 Å². The number of pyridine rings is 2. The van der Waals surface area contributed by atoms with Gasteiger partial charge in [-0.05, 0) is 43.0 Å². The number of carbonyl (C=O) groups is 1. The molecule has 1 aliphatic heterocycles. The van der Waals surface area contributed by atoms with Crippen molar-refractivity contribution in [3.63, 3.8) is 0 Å². The number of nitrogens with one attached hydrogen (secondary N) is 1. The fraction of sp³-hybridized carbons (Fsp3) is 0.370. The maximum Gasteiger partial charge on any atom is 0.229 e. The van der Waals surface area contributed by atoms with E-state index in [1.807, 2.05) is 23.2 Å². The van der Waals surface area contributed by atoms with Crippen molar-refractivity contribution in [3.8, 4) is 11.3 Å². The molecule has 0 aromatic carbocycles. The van der Waals surface area contributed by atoms with Crippen LogP contribution < -0.4 is 10.2 Å². The van der Waals surface area contributed by atoms with Crippen molar-refractivity contribution in [2.45, 2.75) is 45.1 Å². The Morgan fingerprint density at radius 1 is 1.05 bits per heavy atom. The predicted molar refractivity (Wildman–Crippen MR) is 139 cm³/mol. The van der Waals surface area contributed by atoms with Crippen LogP contribution in [0.1, 0.15) is 44.6 Å². The lowest BCUT2D eigenvalue weighted by molar-refractivity contribution is -0.118. The highest BCUT2D eigenvalue weighted by atomic mass is 19.1. The minimum Gasteiger partial charge on any atom is -0.310 e. The molecule has 0 bridgehead atoms. The molecule has 190 valence electrons. The molecule has 0 radical (unpaired) electrons. The van der Waals surface area contributed by atoms with Crippen LogP contribution in [0.2, 0.25) is 0 Å². The van der Waals surface area contributed by atoms with Crippen LogP contribution in [0.25, 0.3) is 16.8 Å². The summed E-state index contributed by atoms with van der Waals surface area (Å²) in [5.41, 5.74) is 3.61. The summed E-state index contributed by atoms with van der Waals surface area (Å²) < 4.78 is 16.5. The molecule has 1 N–H and O–H groups in total. The zero-order chi connectivity index (χ0) is 25.5. The SMILES string of the molecule is CC(C)c1cnn2ccc(-c3nc(Nc4ccc(N5CCN(C6CC6)CCC5=O)cn4)ncc3F)cc12. The van der Waals surface area contributed by atoms with E-state index in [9.17, 15) is 9.18 Å². The van der Waals surface area contributed by atoms with E-state index < -0.39 is 5.82 Å². The zero-order valence-corrected chi connectivity index (χ0v) is 20.9. The third-order valence-electron chi connectivity index (χ3n) is 7.08. The predicted octanol–water partition coefficient (Wildman–Crippen LogP) is 4.39. The smallest absolute Gasteiger partial charge is 0.229 e. The molecule has 6 rings (SSSR count). The van der Waals surface area contributed by atoms with Gasteiger partial charge in [-0.3, -0.25) is 9.69 Å². The van der Waals surface area contributed by atoms with Gasteiger partial charge < -0.3 is 10.2 Å². The summed E-state index contributed by atoms with van der Waals surface area (Å²) in [5, 5.41) is 7.44. The standard InChI is InChI=1S/C27H29FN8O/c1-17(2)21-15-31-36-10-7-18(13-23(21)36)26-22(28)16-30-27(33-26)32-24-6-5-20(14-29-24)35-12-11-34(19-3-4-19)9-8-25(35)37/h5-7,10,13-17,19H,3-4,8-9,11-12H2,1-2H3,(H,29,30,32,33). The van der Waals surface area contributed by atoms with Crippen molar-refractivity contribution in [2.75, 3.05) is 29.9 Å². The second kappa shape index (κ2) is 9.51. The monoisotopic (exact) mass is 500 g/mol. The van der Waals surface area contributed by atoms with Crippen LogP contribution in [0.3, 0.4) is 0 Å². The van der Waals surface area contributed by atoms with Gasteiger partial charge in [0.25, 0.3) is 0 Å². The minimum atomic E-state index is -0.510. The summed E-state index contributed by atoms with van der Waals surface area (Å²) in [5.74, 6) is 0.643. The van der Waals surface area contributed by atoms with Gasteiger partial charge in [-0.25, -0.2) is 23.9 Å². The summed E-state index contributed by atoms with van der Waals surface area (Å²) >= 11 is 0. The summed E-state index contributed by atoms with van der Waals surface area (Å²) in [6.45, 7) is 6.56. The van der Waals surface area contributed by atoms with Crippen molar-refractivity contribution in [2.24, 2.45) is 0 Å².